The quantitative estimate of drug-likeness (QED) is 0.579. The van der Waals surface area contributed by atoms with E-state index in [1.54, 1.807) is 0 Å². The minimum Gasteiger partial charge on any atom is -0.401 e. The molecule has 1 N–H and O–H groups in total. The minimum absolute atomic E-state index is 0.0455. The average molecular weight is 439 g/mol. The summed E-state index contributed by atoms with van der Waals surface area (Å²) < 4.78 is 16.8. The van der Waals surface area contributed by atoms with E-state index in [4.69, 9.17) is 18.9 Å². The van der Waals surface area contributed by atoms with Gasteiger partial charge in [-0.05, 0) is 59.9 Å². The van der Waals surface area contributed by atoms with E-state index < -0.39 is 6.29 Å². The zero-order chi connectivity index (χ0) is 22.5. The highest BCUT2D eigenvalue weighted by Gasteiger charge is 2.28. The molecule has 0 amide bonds. The number of ether oxygens (including phenoxy) is 2. The zero-order valence-corrected chi connectivity index (χ0v) is 19.1. The van der Waals surface area contributed by atoms with Crippen LogP contribution in [0, 0.1) is 6.92 Å². The van der Waals surface area contributed by atoms with E-state index >= 15 is 0 Å². The van der Waals surface area contributed by atoms with Gasteiger partial charge in [-0.2, -0.15) is 0 Å². The molecule has 0 unspecified atom stereocenters. The molecule has 0 bridgehead atoms. The number of benzene rings is 1. The maximum Gasteiger partial charge on any atom is 0.320 e. The highest BCUT2D eigenvalue weighted by molar-refractivity contribution is 5.88. The standard InChI is InChI=1S/C24H30N4O4/c1-14-9-19(22-26-27-23(32-22)28(13-29)12-20-30-7-8-31-20)25-21-17(14)10-16(15-5-6-15)11-18(21)24(2,3)4/h9-11,15,20,29H,5-8,12-13H2,1-4H3. The maximum absolute atomic E-state index is 9.78. The molecule has 3 aromatic rings. The van der Waals surface area contributed by atoms with Crippen LogP contribution in [-0.4, -0.2) is 53.1 Å². The number of aliphatic hydroxyl groups is 1. The van der Waals surface area contributed by atoms with Gasteiger partial charge in [-0.3, -0.25) is 4.90 Å². The molecule has 0 spiro atoms. The fraction of sp³-hybridized carbons (Fsp3) is 0.542. The van der Waals surface area contributed by atoms with Crippen molar-refractivity contribution in [1.29, 1.82) is 0 Å². The van der Waals surface area contributed by atoms with Crippen molar-refractivity contribution in [2.24, 2.45) is 0 Å². The Morgan fingerprint density at radius 3 is 2.50 bits per heavy atom. The van der Waals surface area contributed by atoms with Crippen LogP contribution >= 0.6 is 0 Å². The lowest BCUT2D eigenvalue weighted by Gasteiger charge is -2.23. The van der Waals surface area contributed by atoms with Crippen LogP contribution < -0.4 is 4.90 Å². The van der Waals surface area contributed by atoms with Crippen LogP contribution in [-0.2, 0) is 14.9 Å². The molecular formula is C24H30N4O4. The summed E-state index contributed by atoms with van der Waals surface area (Å²) in [4.78, 5) is 6.50. The van der Waals surface area contributed by atoms with Crippen LogP contribution in [0.3, 0.4) is 0 Å². The summed E-state index contributed by atoms with van der Waals surface area (Å²) in [6.45, 7) is 9.86. The van der Waals surface area contributed by atoms with Crippen molar-refractivity contribution in [3.05, 3.63) is 34.9 Å². The second kappa shape index (κ2) is 8.10. The molecule has 170 valence electrons. The number of hydrogen-bond donors (Lipinski definition) is 1. The lowest BCUT2D eigenvalue weighted by Crippen LogP contribution is -2.34. The Balaban J connectivity index is 1.53. The number of hydrogen-bond acceptors (Lipinski definition) is 8. The Labute approximate surface area is 187 Å². The molecule has 8 heteroatoms. The summed E-state index contributed by atoms with van der Waals surface area (Å²) in [6.07, 6.45) is 2.11. The van der Waals surface area contributed by atoms with E-state index in [0.717, 1.165) is 11.1 Å². The summed E-state index contributed by atoms with van der Waals surface area (Å²) in [5.74, 6) is 0.998. The molecule has 1 aromatic carbocycles. The highest BCUT2D eigenvalue weighted by atomic mass is 16.7. The Morgan fingerprint density at radius 2 is 1.84 bits per heavy atom. The average Bonchev–Trinajstić information content (AvgIpc) is 3.26. The molecule has 1 aliphatic heterocycles. The SMILES string of the molecule is Cc1cc(-c2nnc(N(CO)CC3OCCO3)o2)nc2c(C(C)(C)C)cc(C3CC3)cc12. The molecule has 3 heterocycles. The van der Waals surface area contributed by atoms with Crippen LogP contribution in [0.1, 0.15) is 56.2 Å². The summed E-state index contributed by atoms with van der Waals surface area (Å²) in [6, 6.07) is 6.82. The largest absolute Gasteiger partial charge is 0.401 e. The number of aryl methyl sites for hydroxylation is 1. The molecule has 1 saturated carbocycles. The predicted octanol–water partition coefficient (Wildman–Crippen LogP) is 3.90. The molecule has 1 aliphatic carbocycles. The predicted molar refractivity (Wildman–Crippen MR) is 121 cm³/mol. The van der Waals surface area contributed by atoms with Crippen LogP contribution in [0.5, 0.6) is 0 Å². The Bertz CT molecular complexity index is 1130. The first-order chi connectivity index (χ1) is 15.3. The van der Waals surface area contributed by atoms with Gasteiger partial charge >= 0.3 is 6.01 Å². The summed E-state index contributed by atoms with van der Waals surface area (Å²) in [5.41, 5.74) is 5.33. The summed E-state index contributed by atoms with van der Waals surface area (Å²) in [7, 11) is 0. The molecule has 1 saturated heterocycles. The van der Waals surface area contributed by atoms with Crippen molar-refractivity contribution in [1.82, 2.24) is 15.2 Å². The van der Waals surface area contributed by atoms with Crippen molar-refractivity contribution in [3.8, 4) is 11.6 Å². The fourth-order valence-corrected chi connectivity index (χ4v) is 4.18. The number of anilines is 1. The molecule has 2 aromatic heterocycles. The maximum atomic E-state index is 9.78. The van der Waals surface area contributed by atoms with E-state index in [-0.39, 0.29) is 18.2 Å². The van der Waals surface area contributed by atoms with Crippen molar-refractivity contribution >= 4 is 16.9 Å². The Hall–Kier alpha value is -2.55. The first-order valence-corrected chi connectivity index (χ1v) is 11.2. The van der Waals surface area contributed by atoms with Crippen LogP contribution in [0.2, 0.25) is 0 Å². The molecule has 2 fully saturated rings. The Kier molecular flexibility index (Phi) is 5.39. The highest BCUT2D eigenvalue weighted by Crippen LogP contribution is 2.44. The molecule has 5 rings (SSSR count). The number of aromatic nitrogens is 3. The number of pyridine rings is 1. The van der Waals surface area contributed by atoms with Crippen molar-refractivity contribution in [3.63, 3.8) is 0 Å². The van der Waals surface area contributed by atoms with Crippen LogP contribution in [0.15, 0.2) is 22.6 Å². The third kappa shape index (κ3) is 4.10. The van der Waals surface area contributed by atoms with Gasteiger partial charge in [0, 0.05) is 5.39 Å². The molecule has 32 heavy (non-hydrogen) atoms. The number of fused-ring (bicyclic) bond motifs is 1. The van der Waals surface area contributed by atoms with Gasteiger partial charge in [0.15, 0.2) is 6.29 Å². The lowest BCUT2D eigenvalue weighted by molar-refractivity contribution is -0.0369. The monoisotopic (exact) mass is 438 g/mol. The van der Waals surface area contributed by atoms with Crippen molar-refractivity contribution in [2.75, 3.05) is 31.4 Å². The minimum atomic E-state index is -0.423. The molecule has 0 radical (unpaired) electrons. The van der Waals surface area contributed by atoms with E-state index in [1.165, 1.54) is 34.3 Å². The van der Waals surface area contributed by atoms with Gasteiger partial charge in [0.2, 0.25) is 0 Å². The third-order valence-electron chi connectivity index (χ3n) is 6.13. The van der Waals surface area contributed by atoms with Crippen LogP contribution in [0.4, 0.5) is 6.01 Å². The van der Waals surface area contributed by atoms with Gasteiger partial charge in [-0.1, -0.05) is 31.9 Å². The van der Waals surface area contributed by atoms with Gasteiger partial charge in [0.25, 0.3) is 5.89 Å². The molecule has 8 nitrogen and oxygen atoms in total. The smallest absolute Gasteiger partial charge is 0.320 e. The summed E-state index contributed by atoms with van der Waals surface area (Å²) in [5, 5.41) is 19.3. The molecule has 2 aliphatic rings. The normalized spacial score (nSPS) is 17.4. The number of rotatable bonds is 6. The van der Waals surface area contributed by atoms with Crippen LogP contribution in [0.25, 0.3) is 22.5 Å². The van der Waals surface area contributed by atoms with Gasteiger partial charge in [0.1, 0.15) is 12.4 Å². The fourth-order valence-electron chi connectivity index (χ4n) is 4.18. The second-order valence-electron chi connectivity index (χ2n) is 9.74. The van der Waals surface area contributed by atoms with E-state index in [1.807, 2.05) is 6.07 Å². The van der Waals surface area contributed by atoms with Crippen molar-refractivity contribution < 1.29 is 19.0 Å². The van der Waals surface area contributed by atoms with E-state index in [2.05, 4.69) is 50.0 Å². The van der Waals surface area contributed by atoms with Gasteiger partial charge < -0.3 is 19.0 Å². The zero-order valence-electron chi connectivity index (χ0n) is 19.1. The lowest BCUT2D eigenvalue weighted by atomic mass is 9.83. The van der Waals surface area contributed by atoms with Gasteiger partial charge in [0.05, 0.1) is 25.3 Å². The first kappa shape index (κ1) is 21.3. The van der Waals surface area contributed by atoms with Gasteiger partial charge in [-0.25, -0.2) is 4.98 Å². The molecular weight excluding hydrogens is 408 g/mol. The van der Waals surface area contributed by atoms with Gasteiger partial charge in [-0.15, -0.1) is 5.10 Å². The summed E-state index contributed by atoms with van der Waals surface area (Å²) >= 11 is 0. The third-order valence-corrected chi connectivity index (χ3v) is 6.13. The van der Waals surface area contributed by atoms with E-state index in [0.29, 0.717) is 37.3 Å². The Morgan fingerprint density at radius 1 is 1.09 bits per heavy atom. The first-order valence-electron chi connectivity index (χ1n) is 11.2. The molecule has 0 atom stereocenters. The number of nitrogens with zero attached hydrogens (tertiary/aromatic N) is 4. The topological polar surface area (TPSA) is 93.7 Å². The second-order valence-corrected chi connectivity index (χ2v) is 9.74. The van der Waals surface area contributed by atoms with E-state index in [9.17, 15) is 5.11 Å². The number of aliphatic hydroxyl groups excluding tert-OH is 1. The van der Waals surface area contributed by atoms with Crippen molar-refractivity contribution in [2.45, 2.75) is 58.2 Å².